The number of nitrogens with zero attached hydrogens (tertiary/aromatic N) is 4. The lowest BCUT2D eigenvalue weighted by molar-refractivity contribution is -0.384. The monoisotopic (exact) mass is 966 g/mol. The Morgan fingerprint density at radius 1 is 0.957 bits per heavy atom. The number of nitro benzene ring substituents is 1. The van der Waals surface area contributed by atoms with Crippen LogP contribution in [0.15, 0.2) is 131 Å². The third-order valence-electron chi connectivity index (χ3n) is 12.7. The molecular formula is C54H58N6O7S2. The number of hydrogen-bond acceptors (Lipinski definition) is 10. The van der Waals surface area contributed by atoms with E-state index in [-0.39, 0.29) is 28.3 Å². The molecule has 8 rings (SSSR count). The van der Waals surface area contributed by atoms with Crippen LogP contribution < -0.4 is 14.8 Å². The summed E-state index contributed by atoms with van der Waals surface area (Å²) in [5, 5.41) is 35.1. The van der Waals surface area contributed by atoms with E-state index in [0.717, 1.165) is 82.8 Å². The fourth-order valence-electron chi connectivity index (χ4n) is 9.15. The number of ether oxygens (including phenoxy) is 2. The van der Waals surface area contributed by atoms with Crippen molar-refractivity contribution in [2.24, 2.45) is 0 Å². The summed E-state index contributed by atoms with van der Waals surface area (Å²) in [5.74, 6) is 0.0699. The Labute approximate surface area is 409 Å². The van der Waals surface area contributed by atoms with Crippen molar-refractivity contribution in [1.82, 2.24) is 19.2 Å². The molecule has 7 aromatic rings. The number of carbonyl (C=O) groups excluding carboxylic acids is 1. The van der Waals surface area contributed by atoms with Gasteiger partial charge in [0.1, 0.15) is 11.4 Å². The number of pyridine rings is 1. The fraction of sp³-hybridized carbons (Fsp3) is 0.296. The Bertz CT molecular complexity index is 2980. The van der Waals surface area contributed by atoms with E-state index < -0.39 is 16.6 Å². The second kappa shape index (κ2) is 22.7. The Kier molecular flexibility index (Phi) is 16.1. The van der Waals surface area contributed by atoms with Crippen molar-refractivity contribution < 1.29 is 29.1 Å². The largest absolute Gasteiger partial charge is 0.493 e. The average molecular weight is 967 g/mol. The molecule has 15 heteroatoms. The number of aryl methyl sites for hydroxylation is 3. The first kappa shape index (κ1) is 48.9. The van der Waals surface area contributed by atoms with Gasteiger partial charge in [0.25, 0.3) is 11.6 Å². The van der Waals surface area contributed by atoms with E-state index in [2.05, 4.69) is 32.2 Å². The zero-order valence-electron chi connectivity index (χ0n) is 39.4. The first-order valence-corrected chi connectivity index (χ1v) is 25.6. The average Bonchev–Trinajstić information content (AvgIpc) is 3.75. The van der Waals surface area contributed by atoms with Crippen LogP contribution >= 0.6 is 22.4 Å². The van der Waals surface area contributed by atoms with Gasteiger partial charge in [-0.15, -0.1) is 11.8 Å². The third-order valence-corrected chi connectivity index (χ3v) is 15.5. The second-order valence-electron chi connectivity index (χ2n) is 17.2. The van der Waals surface area contributed by atoms with E-state index in [4.69, 9.17) is 9.47 Å². The van der Waals surface area contributed by atoms with Crippen LogP contribution in [0.4, 0.5) is 11.4 Å². The van der Waals surface area contributed by atoms with Crippen molar-refractivity contribution in [3.63, 3.8) is 0 Å². The summed E-state index contributed by atoms with van der Waals surface area (Å²) in [6.07, 6.45) is 4.10. The number of aromatic nitrogens is 2. The molecule has 13 nitrogen and oxygen atoms in total. The maximum absolute atomic E-state index is 14.0. The van der Waals surface area contributed by atoms with Gasteiger partial charge in [-0.1, -0.05) is 71.3 Å². The van der Waals surface area contributed by atoms with E-state index in [1.54, 1.807) is 35.5 Å². The molecule has 5 aromatic carbocycles. The lowest BCUT2D eigenvalue weighted by Gasteiger charge is -2.32. The summed E-state index contributed by atoms with van der Waals surface area (Å²) in [5.41, 5.74) is 5.25. The smallest absolute Gasteiger partial charge is 0.356 e. The SMILES string of the molecule is C/C=S(/NC(=O)c1cc(C)c(-c2cccc3c(CCCOc4cccc5ccccc45)c(C(=O)O)nn23)c(C)c1)c1ccc(N[C@H](CCN2CCC(OC)CC2)CSc2ccccc2)c([N+](=O)[O-])c1. The van der Waals surface area contributed by atoms with E-state index in [1.165, 1.54) is 0 Å². The minimum Gasteiger partial charge on any atom is -0.493 e. The Morgan fingerprint density at radius 3 is 2.41 bits per heavy atom. The van der Waals surface area contributed by atoms with Gasteiger partial charge in [0.15, 0.2) is 5.69 Å². The molecule has 69 heavy (non-hydrogen) atoms. The Hall–Kier alpha value is -6.52. The molecule has 1 unspecified atom stereocenters. The molecular weight excluding hydrogens is 909 g/mol. The maximum atomic E-state index is 14.0. The standard InChI is InChI=1S/C54H58N6O7S2/c1-5-69(43-23-24-46(49(34-43)60(64)65)55-40(35-68-42-16-7-6-8-17-42)25-28-58-29-26-41(66-4)27-30-58)57-53(61)39-32-36(2)51(37(3)33-39)48-21-12-20-47-45(52(54(62)63)56-59(47)48)19-13-31-67-50-22-11-15-38-14-9-10-18-44(38)50/h5-12,14-18,20-24,32-34,40-41,55H,13,19,25-31,35H2,1-4H3,(H,57,61)(H,62,63)/t40-,69?/m1/s1. The maximum Gasteiger partial charge on any atom is 0.356 e. The van der Waals surface area contributed by atoms with Crippen molar-refractivity contribution in [2.45, 2.75) is 74.8 Å². The molecule has 3 N–H and O–H groups in total. The van der Waals surface area contributed by atoms with Crippen LogP contribution in [-0.2, 0) is 11.2 Å². The first-order chi connectivity index (χ1) is 33.5. The molecule has 3 heterocycles. The van der Waals surface area contributed by atoms with Crippen LogP contribution in [0.3, 0.4) is 0 Å². The van der Waals surface area contributed by atoms with Gasteiger partial charge in [-0.25, -0.2) is 9.31 Å². The van der Waals surface area contributed by atoms with Crippen LogP contribution in [0.1, 0.15) is 70.1 Å². The summed E-state index contributed by atoms with van der Waals surface area (Å²) in [6, 6.07) is 38.6. The molecule has 358 valence electrons. The van der Waals surface area contributed by atoms with Gasteiger partial charge in [0, 0.05) is 76.5 Å². The molecule has 2 atom stereocenters. The number of amides is 1. The summed E-state index contributed by atoms with van der Waals surface area (Å²) >= 11 is 1.72. The van der Waals surface area contributed by atoms with Gasteiger partial charge in [-0.3, -0.25) is 19.6 Å². The number of nitro groups is 1. The molecule has 0 bridgehead atoms. The van der Waals surface area contributed by atoms with Gasteiger partial charge < -0.3 is 24.8 Å². The molecule has 2 aromatic heterocycles. The van der Waals surface area contributed by atoms with E-state index >= 15 is 0 Å². The number of anilines is 1. The topological polar surface area (TPSA) is 161 Å². The number of nitrogens with one attached hydrogen (secondary N) is 2. The predicted molar refractivity (Wildman–Crippen MR) is 279 cm³/mol. The molecule has 1 saturated heterocycles. The highest BCUT2D eigenvalue weighted by molar-refractivity contribution is 8.13. The minimum absolute atomic E-state index is 0.0121. The number of benzene rings is 5. The number of carboxylic acids is 1. The highest BCUT2D eigenvalue weighted by atomic mass is 32.2. The zero-order chi connectivity index (χ0) is 48.4. The minimum atomic E-state index is -1.11. The number of thioether (sulfide) groups is 1. The Balaban J connectivity index is 0.971. The van der Waals surface area contributed by atoms with E-state index in [9.17, 15) is 24.8 Å². The molecule has 0 aliphatic carbocycles. The van der Waals surface area contributed by atoms with Crippen molar-refractivity contribution in [3.8, 4) is 17.0 Å². The lowest BCUT2D eigenvalue weighted by atomic mass is 9.96. The van der Waals surface area contributed by atoms with E-state index in [1.807, 2.05) is 123 Å². The van der Waals surface area contributed by atoms with Crippen molar-refractivity contribution >= 4 is 67.3 Å². The zero-order valence-corrected chi connectivity index (χ0v) is 41.0. The fourth-order valence-corrected chi connectivity index (χ4v) is 11.4. The first-order valence-electron chi connectivity index (χ1n) is 23.3. The van der Waals surface area contributed by atoms with Gasteiger partial charge in [-0.2, -0.15) is 5.10 Å². The second-order valence-corrected chi connectivity index (χ2v) is 20.1. The quantitative estimate of drug-likeness (QED) is 0.0219. The lowest BCUT2D eigenvalue weighted by Crippen LogP contribution is -2.39. The van der Waals surface area contributed by atoms with Crippen molar-refractivity contribution in [1.29, 1.82) is 0 Å². The number of piperidine rings is 1. The normalized spacial score (nSPS) is 14.2. The molecule has 0 radical (unpaired) electrons. The number of rotatable bonds is 20. The third kappa shape index (κ3) is 11.7. The number of carboxylic acid groups (broad SMARTS) is 1. The summed E-state index contributed by atoms with van der Waals surface area (Å²) < 4.78 is 16.6. The highest BCUT2D eigenvalue weighted by Crippen LogP contribution is 2.36. The Morgan fingerprint density at radius 2 is 1.68 bits per heavy atom. The van der Waals surface area contributed by atoms with Crippen molar-refractivity contribution in [2.75, 3.05) is 44.4 Å². The van der Waals surface area contributed by atoms with Gasteiger partial charge in [-0.05, 0) is 129 Å². The highest BCUT2D eigenvalue weighted by Gasteiger charge is 2.25. The van der Waals surface area contributed by atoms with Crippen LogP contribution in [-0.4, -0.2) is 93.0 Å². The predicted octanol–water partition coefficient (Wildman–Crippen LogP) is 11.3. The van der Waals surface area contributed by atoms with Crippen LogP contribution in [0.25, 0.3) is 27.5 Å². The van der Waals surface area contributed by atoms with Crippen LogP contribution in [0.2, 0.25) is 0 Å². The number of hydrogen-bond donors (Lipinski definition) is 3. The van der Waals surface area contributed by atoms with Crippen LogP contribution in [0.5, 0.6) is 5.75 Å². The molecule has 1 aliphatic heterocycles. The van der Waals surface area contributed by atoms with Crippen molar-refractivity contribution in [3.05, 3.63) is 159 Å². The van der Waals surface area contributed by atoms with Crippen LogP contribution in [0, 0.1) is 24.0 Å². The van der Waals surface area contributed by atoms with E-state index in [0.29, 0.717) is 58.5 Å². The van der Waals surface area contributed by atoms with Gasteiger partial charge in [0.05, 0.1) is 28.8 Å². The molecule has 0 saturated carbocycles. The molecule has 1 amide bonds. The van der Waals surface area contributed by atoms with Gasteiger partial charge in [0.2, 0.25) is 0 Å². The summed E-state index contributed by atoms with van der Waals surface area (Å²) in [7, 11) is 0.800. The summed E-state index contributed by atoms with van der Waals surface area (Å²) in [4.78, 5) is 43.1. The summed E-state index contributed by atoms with van der Waals surface area (Å²) in [6.45, 7) is 8.84. The number of carbonyl (C=O) groups is 2. The molecule has 0 spiro atoms. The molecule has 1 aliphatic rings. The number of likely N-dealkylation sites (tertiary alicyclic amines) is 1. The molecule has 1 fully saturated rings. The van der Waals surface area contributed by atoms with Gasteiger partial charge >= 0.3 is 5.97 Å². The number of fused-ring (bicyclic) bond motifs is 2. The number of aromatic carboxylic acids is 1. The number of methoxy groups -OCH3 is 1.